The van der Waals surface area contributed by atoms with E-state index in [2.05, 4.69) is 9.97 Å². The summed E-state index contributed by atoms with van der Waals surface area (Å²) < 4.78 is 40.5. The first-order valence-corrected chi connectivity index (χ1v) is 15.2. The monoisotopic (exact) mass is 572 g/mol. The van der Waals surface area contributed by atoms with Crippen LogP contribution in [-0.4, -0.2) is 77.0 Å². The minimum absolute atomic E-state index is 0.0520. The molecular weight excluding hydrogens is 536 g/mol. The number of fused-ring (bicyclic) bond motifs is 3. The highest BCUT2D eigenvalue weighted by molar-refractivity contribution is 7.89. The van der Waals surface area contributed by atoms with Gasteiger partial charge in [0.2, 0.25) is 10.0 Å². The van der Waals surface area contributed by atoms with Crippen LogP contribution < -0.4 is 5.56 Å². The van der Waals surface area contributed by atoms with Gasteiger partial charge in [0, 0.05) is 47.7 Å². The third kappa shape index (κ3) is 5.46. The number of pyridine rings is 1. The van der Waals surface area contributed by atoms with E-state index in [4.69, 9.17) is 9.47 Å². The SMILES string of the molecule is CCCOC(=O)c1c[nH]c2c(=O)[nH]c3ccc(S(=O)(=O)N(CC4CCCN4C(=O)OC(C)(C)C)C4CC4)cc3c12. The molecule has 40 heavy (non-hydrogen) atoms. The summed E-state index contributed by atoms with van der Waals surface area (Å²) >= 11 is 0. The van der Waals surface area contributed by atoms with Crippen LogP contribution in [0.5, 0.6) is 0 Å². The van der Waals surface area contributed by atoms with E-state index < -0.39 is 33.2 Å². The third-order valence-corrected chi connectivity index (χ3v) is 9.14. The van der Waals surface area contributed by atoms with Gasteiger partial charge < -0.3 is 24.3 Å². The standard InChI is InChI=1S/C28H36N4O7S/c1-5-13-38-26(34)21-15-29-24-23(21)20-14-19(10-11-22(20)30-25(24)33)40(36,37)32(17-8-9-17)16-18-7-6-12-31(18)27(35)39-28(2,3)4/h10-11,14-15,17-18,29H,5-9,12-13,16H2,1-4H3,(H,30,33). The Hall–Kier alpha value is -3.38. The van der Waals surface area contributed by atoms with Crippen LogP contribution >= 0.6 is 0 Å². The summed E-state index contributed by atoms with van der Waals surface area (Å²) in [6, 6.07) is 4.08. The Morgan fingerprint density at radius 2 is 1.93 bits per heavy atom. The summed E-state index contributed by atoms with van der Waals surface area (Å²) in [7, 11) is -3.97. The van der Waals surface area contributed by atoms with Crippen molar-refractivity contribution in [2.45, 2.75) is 82.4 Å². The maximum absolute atomic E-state index is 14.1. The summed E-state index contributed by atoms with van der Waals surface area (Å²) in [5, 5.41) is 0.745. The fourth-order valence-electron chi connectivity index (χ4n) is 5.24. The van der Waals surface area contributed by atoms with Gasteiger partial charge in [-0.05, 0) is 71.1 Å². The zero-order valence-corrected chi connectivity index (χ0v) is 24.1. The van der Waals surface area contributed by atoms with Gasteiger partial charge in [-0.15, -0.1) is 0 Å². The molecule has 2 aliphatic rings. The number of carbonyl (C=O) groups is 2. The molecule has 0 bridgehead atoms. The smallest absolute Gasteiger partial charge is 0.410 e. The zero-order valence-electron chi connectivity index (χ0n) is 23.3. The molecule has 3 heterocycles. The number of nitrogens with one attached hydrogen (secondary N) is 2. The minimum Gasteiger partial charge on any atom is -0.462 e. The van der Waals surface area contributed by atoms with Gasteiger partial charge in [0.15, 0.2) is 0 Å². The second-order valence-corrected chi connectivity index (χ2v) is 13.4. The van der Waals surface area contributed by atoms with Crippen LogP contribution in [0.3, 0.4) is 0 Å². The second-order valence-electron chi connectivity index (χ2n) is 11.5. The average Bonchev–Trinajstić information content (AvgIpc) is 3.42. The molecule has 1 aliphatic carbocycles. The largest absolute Gasteiger partial charge is 0.462 e. The van der Waals surface area contributed by atoms with Crippen molar-refractivity contribution in [1.29, 1.82) is 0 Å². The van der Waals surface area contributed by atoms with E-state index in [0.717, 1.165) is 19.3 Å². The average molecular weight is 573 g/mol. The van der Waals surface area contributed by atoms with E-state index in [9.17, 15) is 22.8 Å². The summed E-state index contributed by atoms with van der Waals surface area (Å²) in [5.41, 5.74) is -0.319. The van der Waals surface area contributed by atoms with Crippen molar-refractivity contribution in [2.75, 3.05) is 19.7 Å². The topological polar surface area (TPSA) is 142 Å². The van der Waals surface area contributed by atoms with Crippen LogP contribution in [0.4, 0.5) is 4.79 Å². The Morgan fingerprint density at radius 1 is 1.18 bits per heavy atom. The van der Waals surface area contributed by atoms with Crippen LogP contribution in [0.2, 0.25) is 0 Å². The summed E-state index contributed by atoms with van der Waals surface area (Å²) in [5.74, 6) is -0.587. The summed E-state index contributed by atoms with van der Waals surface area (Å²) in [4.78, 5) is 45.6. The molecule has 1 aromatic carbocycles. The molecular formula is C28H36N4O7S. The number of aromatic amines is 2. The molecule has 216 valence electrons. The quantitative estimate of drug-likeness (QED) is 0.387. The summed E-state index contributed by atoms with van der Waals surface area (Å²) in [6.45, 7) is 8.21. The number of aromatic nitrogens is 2. The summed E-state index contributed by atoms with van der Waals surface area (Å²) in [6.07, 6.45) is 4.57. The predicted octanol–water partition coefficient (Wildman–Crippen LogP) is 4.13. The Labute approximate surface area is 232 Å². The van der Waals surface area contributed by atoms with Crippen molar-refractivity contribution in [1.82, 2.24) is 19.2 Å². The number of amides is 1. The number of ether oxygens (including phenoxy) is 2. The van der Waals surface area contributed by atoms with Gasteiger partial charge in [-0.2, -0.15) is 4.31 Å². The Morgan fingerprint density at radius 3 is 2.60 bits per heavy atom. The van der Waals surface area contributed by atoms with Gasteiger partial charge in [-0.25, -0.2) is 18.0 Å². The van der Waals surface area contributed by atoms with Gasteiger partial charge in [0.1, 0.15) is 11.1 Å². The molecule has 2 N–H and O–H groups in total. The number of rotatable bonds is 8. The molecule has 1 amide bonds. The number of carbonyl (C=O) groups excluding carboxylic acids is 2. The van der Waals surface area contributed by atoms with Gasteiger partial charge >= 0.3 is 12.1 Å². The van der Waals surface area contributed by atoms with E-state index in [1.165, 1.54) is 22.6 Å². The third-order valence-electron chi connectivity index (χ3n) is 7.23. The van der Waals surface area contributed by atoms with Crippen molar-refractivity contribution in [3.63, 3.8) is 0 Å². The molecule has 1 aliphatic heterocycles. The molecule has 11 nitrogen and oxygen atoms in total. The molecule has 0 spiro atoms. The number of likely N-dealkylation sites (tertiary alicyclic amines) is 1. The first-order chi connectivity index (χ1) is 18.9. The normalized spacial score (nSPS) is 18.1. The van der Waals surface area contributed by atoms with Crippen LogP contribution in [-0.2, 0) is 19.5 Å². The predicted molar refractivity (Wildman–Crippen MR) is 150 cm³/mol. The fraction of sp³-hybridized carbons (Fsp3) is 0.536. The number of benzene rings is 1. The second kappa shape index (κ2) is 10.5. The molecule has 12 heteroatoms. The maximum atomic E-state index is 14.1. The van der Waals surface area contributed by atoms with E-state index in [-0.39, 0.29) is 41.2 Å². The molecule has 1 saturated carbocycles. The lowest BCUT2D eigenvalue weighted by atomic mass is 10.1. The number of hydrogen-bond acceptors (Lipinski definition) is 7. The van der Waals surface area contributed by atoms with Gasteiger partial charge in [-0.1, -0.05) is 6.92 Å². The van der Waals surface area contributed by atoms with Crippen LogP contribution in [0.15, 0.2) is 34.1 Å². The van der Waals surface area contributed by atoms with Crippen molar-refractivity contribution in [2.24, 2.45) is 0 Å². The molecule has 1 unspecified atom stereocenters. The molecule has 0 radical (unpaired) electrons. The number of sulfonamides is 1. The van der Waals surface area contributed by atoms with Crippen LogP contribution in [0.25, 0.3) is 21.8 Å². The van der Waals surface area contributed by atoms with Gasteiger partial charge in [0.25, 0.3) is 5.56 Å². The lowest BCUT2D eigenvalue weighted by Gasteiger charge is -2.32. The highest BCUT2D eigenvalue weighted by atomic mass is 32.2. The molecule has 2 aromatic heterocycles. The number of esters is 1. The minimum atomic E-state index is -3.97. The number of hydrogen-bond donors (Lipinski definition) is 2. The van der Waals surface area contributed by atoms with E-state index in [0.29, 0.717) is 35.7 Å². The Bertz CT molecular complexity index is 1620. The Kier molecular flexibility index (Phi) is 7.43. The van der Waals surface area contributed by atoms with E-state index in [1.54, 1.807) is 31.7 Å². The van der Waals surface area contributed by atoms with Crippen molar-refractivity contribution in [3.8, 4) is 0 Å². The van der Waals surface area contributed by atoms with Gasteiger partial charge in [0.05, 0.1) is 17.1 Å². The molecule has 1 atom stereocenters. The van der Waals surface area contributed by atoms with Crippen molar-refractivity contribution < 1.29 is 27.5 Å². The van der Waals surface area contributed by atoms with Crippen LogP contribution in [0, 0.1) is 0 Å². The van der Waals surface area contributed by atoms with Crippen LogP contribution in [0.1, 0.15) is 70.2 Å². The van der Waals surface area contributed by atoms with E-state index in [1.807, 2.05) is 6.92 Å². The molecule has 2 fully saturated rings. The zero-order chi connectivity index (χ0) is 28.8. The number of H-pyrrole nitrogens is 2. The van der Waals surface area contributed by atoms with Crippen molar-refractivity contribution >= 4 is 43.9 Å². The van der Waals surface area contributed by atoms with Gasteiger partial charge in [-0.3, -0.25) is 4.79 Å². The molecule has 5 rings (SSSR count). The fourth-order valence-corrected chi connectivity index (χ4v) is 6.98. The first-order valence-electron chi connectivity index (χ1n) is 13.8. The Balaban J connectivity index is 1.51. The first kappa shape index (κ1) is 28.2. The van der Waals surface area contributed by atoms with Crippen molar-refractivity contribution in [3.05, 3.63) is 40.3 Å². The van der Waals surface area contributed by atoms with E-state index >= 15 is 0 Å². The lowest BCUT2D eigenvalue weighted by molar-refractivity contribution is 0.0211. The molecule has 1 saturated heterocycles. The number of nitrogens with zero attached hydrogens (tertiary/aromatic N) is 2. The highest BCUT2D eigenvalue weighted by Gasteiger charge is 2.42. The lowest BCUT2D eigenvalue weighted by Crippen LogP contribution is -2.47. The molecule has 3 aromatic rings. The maximum Gasteiger partial charge on any atom is 0.410 e. The highest BCUT2D eigenvalue weighted by Crippen LogP contribution is 2.36.